The van der Waals surface area contributed by atoms with Gasteiger partial charge in [-0.25, -0.2) is 0 Å². The highest BCUT2D eigenvalue weighted by Gasteiger charge is 2.03. The van der Waals surface area contributed by atoms with Gasteiger partial charge in [-0.1, -0.05) is 6.07 Å². The van der Waals surface area contributed by atoms with Crippen molar-refractivity contribution < 1.29 is 9.47 Å². The molecule has 18 heavy (non-hydrogen) atoms. The van der Waals surface area contributed by atoms with Gasteiger partial charge in [0.15, 0.2) is 0 Å². The van der Waals surface area contributed by atoms with E-state index in [1.807, 2.05) is 0 Å². The smallest absolute Gasteiger partial charge is 0.142 e. The molecule has 0 aliphatic heterocycles. The number of hydrogen-bond acceptors (Lipinski definition) is 4. The summed E-state index contributed by atoms with van der Waals surface area (Å²) in [5, 5.41) is 8.80. The first-order chi connectivity index (χ1) is 8.72. The van der Waals surface area contributed by atoms with Gasteiger partial charge in [-0.15, -0.1) is 0 Å². The molecule has 2 rings (SSSR count). The molecule has 2 aromatic carbocycles. The maximum atomic E-state index is 8.80. The number of methoxy groups -OCH3 is 1. The van der Waals surface area contributed by atoms with Crippen LogP contribution in [0.2, 0.25) is 0 Å². The van der Waals surface area contributed by atoms with Crippen LogP contribution in [0.15, 0.2) is 42.5 Å². The molecule has 0 spiro atoms. The van der Waals surface area contributed by atoms with Crippen molar-refractivity contribution >= 4 is 5.69 Å². The Labute approximate surface area is 105 Å². The highest BCUT2D eigenvalue weighted by molar-refractivity contribution is 5.56. The minimum atomic E-state index is 0.506. The lowest BCUT2D eigenvalue weighted by molar-refractivity contribution is 0.415. The molecule has 0 atom stereocenters. The van der Waals surface area contributed by atoms with E-state index in [-0.39, 0.29) is 0 Å². The Balaban J connectivity index is 2.23. The van der Waals surface area contributed by atoms with Crippen LogP contribution in [-0.4, -0.2) is 7.11 Å². The van der Waals surface area contributed by atoms with Gasteiger partial charge in [0.2, 0.25) is 0 Å². The fraction of sp³-hybridized carbons (Fsp3) is 0.0714. The molecule has 2 aromatic rings. The van der Waals surface area contributed by atoms with Gasteiger partial charge < -0.3 is 15.2 Å². The van der Waals surface area contributed by atoms with E-state index >= 15 is 0 Å². The molecule has 0 saturated carbocycles. The topological polar surface area (TPSA) is 68.3 Å². The third kappa shape index (κ3) is 2.53. The quantitative estimate of drug-likeness (QED) is 0.837. The number of nitrogens with zero attached hydrogens (tertiary/aromatic N) is 1. The van der Waals surface area contributed by atoms with Crippen molar-refractivity contribution in [3.8, 4) is 23.3 Å². The maximum absolute atomic E-state index is 8.80. The van der Waals surface area contributed by atoms with Crippen LogP contribution >= 0.6 is 0 Å². The van der Waals surface area contributed by atoms with Gasteiger partial charge in [-0.2, -0.15) is 5.26 Å². The largest absolute Gasteiger partial charge is 0.495 e. The first-order valence-electron chi connectivity index (χ1n) is 5.34. The highest BCUT2D eigenvalue weighted by Crippen LogP contribution is 2.29. The van der Waals surface area contributed by atoms with Crippen molar-refractivity contribution in [1.82, 2.24) is 0 Å². The number of nitrogen functional groups attached to an aromatic ring is 1. The Bertz CT molecular complexity index is 603. The van der Waals surface area contributed by atoms with Crippen molar-refractivity contribution in [1.29, 1.82) is 5.26 Å². The molecule has 90 valence electrons. The van der Waals surface area contributed by atoms with Gasteiger partial charge in [0.1, 0.15) is 17.2 Å². The number of ether oxygens (including phenoxy) is 2. The van der Waals surface area contributed by atoms with Crippen LogP contribution < -0.4 is 15.2 Å². The van der Waals surface area contributed by atoms with Crippen LogP contribution in [0.3, 0.4) is 0 Å². The summed E-state index contributed by atoms with van der Waals surface area (Å²) in [6, 6.07) is 14.2. The summed E-state index contributed by atoms with van der Waals surface area (Å²) in [6.45, 7) is 0. The number of anilines is 1. The molecule has 0 aliphatic rings. The van der Waals surface area contributed by atoms with E-state index in [0.29, 0.717) is 28.5 Å². The molecule has 4 nitrogen and oxygen atoms in total. The highest BCUT2D eigenvalue weighted by atomic mass is 16.5. The van der Waals surface area contributed by atoms with Gasteiger partial charge in [-0.05, 0) is 30.3 Å². The Morgan fingerprint density at radius 3 is 2.56 bits per heavy atom. The van der Waals surface area contributed by atoms with Gasteiger partial charge in [-0.3, -0.25) is 0 Å². The van der Waals surface area contributed by atoms with Crippen molar-refractivity contribution in [2.45, 2.75) is 0 Å². The number of nitriles is 1. The van der Waals surface area contributed by atoms with Gasteiger partial charge in [0, 0.05) is 6.07 Å². The summed E-state index contributed by atoms with van der Waals surface area (Å²) >= 11 is 0. The van der Waals surface area contributed by atoms with Gasteiger partial charge in [0.05, 0.1) is 24.4 Å². The Kier molecular flexibility index (Phi) is 3.35. The van der Waals surface area contributed by atoms with E-state index in [4.69, 9.17) is 20.5 Å². The molecule has 0 heterocycles. The average Bonchev–Trinajstić information content (AvgIpc) is 2.39. The van der Waals surface area contributed by atoms with E-state index in [1.165, 1.54) is 0 Å². The van der Waals surface area contributed by atoms with E-state index in [2.05, 4.69) is 6.07 Å². The third-order valence-corrected chi connectivity index (χ3v) is 2.40. The van der Waals surface area contributed by atoms with Crippen molar-refractivity contribution in [3.05, 3.63) is 48.0 Å². The monoisotopic (exact) mass is 240 g/mol. The van der Waals surface area contributed by atoms with Crippen molar-refractivity contribution in [2.75, 3.05) is 12.8 Å². The number of benzene rings is 2. The molecule has 2 N–H and O–H groups in total. The molecule has 0 amide bonds. The minimum absolute atomic E-state index is 0.506. The summed E-state index contributed by atoms with van der Waals surface area (Å²) in [5.41, 5.74) is 6.84. The van der Waals surface area contributed by atoms with Crippen LogP contribution in [0.4, 0.5) is 5.69 Å². The van der Waals surface area contributed by atoms with Crippen LogP contribution in [0.1, 0.15) is 5.56 Å². The second kappa shape index (κ2) is 5.11. The number of nitrogens with two attached hydrogens (primary N) is 1. The number of rotatable bonds is 3. The normalized spacial score (nSPS) is 9.56. The zero-order valence-corrected chi connectivity index (χ0v) is 9.88. The molecular weight excluding hydrogens is 228 g/mol. The summed E-state index contributed by atoms with van der Waals surface area (Å²) in [4.78, 5) is 0. The van der Waals surface area contributed by atoms with Gasteiger partial charge >= 0.3 is 0 Å². The van der Waals surface area contributed by atoms with Crippen LogP contribution in [0.25, 0.3) is 0 Å². The molecule has 0 aromatic heterocycles. The molecule has 0 saturated heterocycles. The second-order valence-electron chi connectivity index (χ2n) is 3.65. The number of hydrogen-bond donors (Lipinski definition) is 1. The molecule has 0 bridgehead atoms. The summed E-state index contributed by atoms with van der Waals surface area (Å²) in [7, 11) is 1.56. The van der Waals surface area contributed by atoms with Crippen LogP contribution in [0.5, 0.6) is 17.2 Å². The van der Waals surface area contributed by atoms with E-state index < -0.39 is 0 Å². The second-order valence-corrected chi connectivity index (χ2v) is 3.65. The van der Waals surface area contributed by atoms with E-state index in [9.17, 15) is 0 Å². The maximum Gasteiger partial charge on any atom is 0.142 e. The predicted molar refractivity (Wildman–Crippen MR) is 68.6 cm³/mol. The lowest BCUT2D eigenvalue weighted by Crippen LogP contribution is -1.93. The summed E-state index contributed by atoms with van der Waals surface area (Å²) in [6.07, 6.45) is 0. The van der Waals surface area contributed by atoms with Crippen LogP contribution in [0, 0.1) is 11.3 Å². The first-order valence-corrected chi connectivity index (χ1v) is 5.34. The molecule has 0 radical (unpaired) electrons. The summed E-state index contributed by atoms with van der Waals surface area (Å²) < 4.78 is 10.7. The third-order valence-electron chi connectivity index (χ3n) is 2.40. The SMILES string of the molecule is COc1ccc(Oc2cccc(C#N)c2)cc1N. The molecule has 4 heteroatoms. The minimum Gasteiger partial charge on any atom is -0.495 e. The summed E-state index contributed by atoms with van der Waals surface area (Å²) in [5.74, 6) is 1.80. The fourth-order valence-electron chi connectivity index (χ4n) is 1.54. The molecule has 0 unspecified atom stereocenters. The Morgan fingerprint density at radius 2 is 1.89 bits per heavy atom. The predicted octanol–water partition coefficient (Wildman–Crippen LogP) is 2.94. The fourth-order valence-corrected chi connectivity index (χ4v) is 1.54. The molecular formula is C14H12N2O2. The lowest BCUT2D eigenvalue weighted by Gasteiger charge is -2.09. The lowest BCUT2D eigenvalue weighted by atomic mass is 10.2. The molecule has 0 aliphatic carbocycles. The van der Waals surface area contributed by atoms with Crippen LogP contribution in [-0.2, 0) is 0 Å². The standard InChI is InChI=1S/C14H12N2O2/c1-17-14-6-5-12(8-13(14)16)18-11-4-2-3-10(7-11)9-15/h2-8H,16H2,1H3. The average molecular weight is 240 g/mol. The Hall–Kier alpha value is -2.67. The van der Waals surface area contributed by atoms with E-state index in [0.717, 1.165) is 0 Å². The van der Waals surface area contributed by atoms with Crippen molar-refractivity contribution in [2.24, 2.45) is 0 Å². The van der Waals surface area contributed by atoms with Crippen molar-refractivity contribution in [3.63, 3.8) is 0 Å². The van der Waals surface area contributed by atoms with E-state index in [1.54, 1.807) is 49.6 Å². The zero-order valence-electron chi connectivity index (χ0n) is 9.88. The zero-order chi connectivity index (χ0) is 13.0. The Morgan fingerprint density at radius 1 is 1.11 bits per heavy atom. The molecule has 0 fully saturated rings. The van der Waals surface area contributed by atoms with Gasteiger partial charge in [0.25, 0.3) is 0 Å². The first kappa shape index (κ1) is 11.8.